The first-order valence-electron chi connectivity index (χ1n) is 7.59. The number of benzene rings is 1. The first kappa shape index (κ1) is 18.9. The molecular formula is C16H18N2O6S. The molecule has 134 valence electrons. The van der Waals surface area contributed by atoms with Gasteiger partial charge in [-0.25, -0.2) is 9.69 Å². The molecule has 1 aromatic rings. The number of nitrogens with two attached hydrogens (primary N) is 1. The molecule has 1 fully saturated rings. The zero-order chi connectivity index (χ0) is 18.6. The maximum absolute atomic E-state index is 12.5. The summed E-state index contributed by atoms with van der Waals surface area (Å²) in [5.74, 6) is -2.27. The summed E-state index contributed by atoms with van der Waals surface area (Å²) < 4.78 is 4.80. The predicted molar refractivity (Wildman–Crippen MR) is 91.4 cm³/mol. The highest BCUT2D eigenvalue weighted by atomic mass is 32.2. The molecule has 2 atom stereocenters. The molecule has 2 amide bonds. The fraction of sp³-hybridized carbons (Fsp3) is 0.375. The molecule has 1 aromatic carbocycles. The average molecular weight is 366 g/mol. The molecule has 25 heavy (non-hydrogen) atoms. The summed E-state index contributed by atoms with van der Waals surface area (Å²) in [6.45, 7) is 1.89. The van der Waals surface area contributed by atoms with Crippen LogP contribution in [0.5, 0.6) is 0 Å². The number of hydrogen-bond acceptors (Lipinski definition) is 7. The third kappa shape index (κ3) is 4.37. The summed E-state index contributed by atoms with van der Waals surface area (Å²) in [6.07, 6.45) is -0.000270. The monoisotopic (exact) mass is 366 g/mol. The number of ether oxygens (including phenoxy) is 1. The fourth-order valence-electron chi connectivity index (χ4n) is 2.30. The second-order valence-electron chi connectivity index (χ2n) is 5.30. The van der Waals surface area contributed by atoms with E-state index in [4.69, 9.17) is 15.6 Å². The quantitative estimate of drug-likeness (QED) is 0.532. The van der Waals surface area contributed by atoms with Crippen molar-refractivity contribution < 1.29 is 29.0 Å². The predicted octanol–water partition coefficient (Wildman–Crippen LogP) is 0.640. The Hall–Kier alpha value is -2.39. The van der Waals surface area contributed by atoms with E-state index in [-0.39, 0.29) is 30.3 Å². The average Bonchev–Trinajstić information content (AvgIpc) is 2.86. The Morgan fingerprint density at radius 2 is 2.00 bits per heavy atom. The van der Waals surface area contributed by atoms with Gasteiger partial charge in [0.2, 0.25) is 11.8 Å². The summed E-state index contributed by atoms with van der Waals surface area (Å²) in [7, 11) is 0. The van der Waals surface area contributed by atoms with Crippen LogP contribution in [0.25, 0.3) is 0 Å². The van der Waals surface area contributed by atoms with Crippen molar-refractivity contribution in [1.82, 2.24) is 0 Å². The van der Waals surface area contributed by atoms with E-state index in [9.17, 15) is 19.2 Å². The molecule has 0 bridgehead atoms. The van der Waals surface area contributed by atoms with Gasteiger partial charge in [-0.2, -0.15) is 0 Å². The molecule has 0 aromatic heterocycles. The van der Waals surface area contributed by atoms with Crippen molar-refractivity contribution in [2.24, 2.45) is 5.73 Å². The van der Waals surface area contributed by atoms with Crippen LogP contribution in [-0.4, -0.2) is 52.5 Å². The van der Waals surface area contributed by atoms with Crippen LogP contribution in [0.1, 0.15) is 23.7 Å². The molecule has 0 radical (unpaired) electrons. The molecule has 0 unspecified atom stereocenters. The molecule has 1 heterocycles. The van der Waals surface area contributed by atoms with Gasteiger partial charge in [0.05, 0.1) is 23.1 Å². The lowest BCUT2D eigenvalue weighted by Gasteiger charge is -2.16. The van der Waals surface area contributed by atoms with Gasteiger partial charge in [-0.05, 0) is 31.2 Å². The minimum absolute atomic E-state index is 0.000270. The van der Waals surface area contributed by atoms with E-state index in [0.29, 0.717) is 5.69 Å². The maximum atomic E-state index is 12.5. The summed E-state index contributed by atoms with van der Waals surface area (Å²) in [5.41, 5.74) is 6.07. The minimum Gasteiger partial charge on any atom is -0.478 e. The van der Waals surface area contributed by atoms with Crippen molar-refractivity contribution in [2.45, 2.75) is 24.6 Å². The highest BCUT2D eigenvalue weighted by Gasteiger charge is 2.40. The Kier molecular flexibility index (Phi) is 6.16. The third-order valence-electron chi connectivity index (χ3n) is 3.54. The first-order valence-corrected chi connectivity index (χ1v) is 8.64. The van der Waals surface area contributed by atoms with Gasteiger partial charge in [-0.15, -0.1) is 11.8 Å². The third-order valence-corrected chi connectivity index (χ3v) is 4.87. The van der Waals surface area contributed by atoms with E-state index in [1.165, 1.54) is 24.3 Å². The molecule has 0 spiro atoms. The van der Waals surface area contributed by atoms with E-state index in [0.717, 1.165) is 16.7 Å². The number of carboxylic acid groups (broad SMARTS) is 1. The van der Waals surface area contributed by atoms with Crippen LogP contribution < -0.4 is 10.6 Å². The molecule has 2 rings (SSSR count). The van der Waals surface area contributed by atoms with Crippen molar-refractivity contribution in [1.29, 1.82) is 0 Å². The number of nitrogens with zero attached hydrogens (tertiary/aromatic N) is 1. The lowest BCUT2D eigenvalue weighted by atomic mass is 10.2. The van der Waals surface area contributed by atoms with E-state index in [1.807, 2.05) is 0 Å². The molecule has 1 saturated heterocycles. The number of esters is 1. The van der Waals surface area contributed by atoms with Crippen LogP contribution in [0.2, 0.25) is 0 Å². The van der Waals surface area contributed by atoms with Gasteiger partial charge in [0.25, 0.3) is 0 Å². The number of hydrogen-bond donors (Lipinski definition) is 2. The number of thioether (sulfide) groups is 1. The molecule has 0 aliphatic carbocycles. The molecule has 0 saturated carbocycles. The van der Waals surface area contributed by atoms with E-state index >= 15 is 0 Å². The van der Waals surface area contributed by atoms with Crippen LogP contribution >= 0.6 is 11.8 Å². The minimum atomic E-state index is -1.09. The van der Waals surface area contributed by atoms with Gasteiger partial charge < -0.3 is 15.6 Å². The Morgan fingerprint density at radius 3 is 2.56 bits per heavy atom. The van der Waals surface area contributed by atoms with Gasteiger partial charge >= 0.3 is 11.9 Å². The highest BCUT2D eigenvalue weighted by molar-refractivity contribution is 8.00. The Labute approximate surface area is 148 Å². The second-order valence-corrected chi connectivity index (χ2v) is 6.54. The number of amides is 2. The largest absolute Gasteiger partial charge is 0.478 e. The van der Waals surface area contributed by atoms with E-state index in [1.54, 1.807) is 6.92 Å². The Bertz CT molecular complexity index is 690. The normalized spacial score (nSPS) is 18.3. The van der Waals surface area contributed by atoms with E-state index in [2.05, 4.69) is 0 Å². The molecule has 1 aliphatic heterocycles. The molecule has 3 N–H and O–H groups in total. The van der Waals surface area contributed by atoms with Crippen molar-refractivity contribution in [2.75, 3.05) is 17.3 Å². The first-order chi connectivity index (χ1) is 11.8. The zero-order valence-electron chi connectivity index (χ0n) is 13.5. The molecule has 8 nitrogen and oxygen atoms in total. The summed E-state index contributed by atoms with van der Waals surface area (Å²) in [5, 5.41) is 8.26. The summed E-state index contributed by atoms with van der Waals surface area (Å²) >= 11 is 1.13. The lowest BCUT2D eigenvalue weighted by Crippen LogP contribution is -2.36. The summed E-state index contributed by atoms with van der Waals surface area (Å²) in [4.78, 5) is 48.0. The van der Waals surface area contributed by atoms with Crippen molar-refractivity contribution in [3.8, 4) is 0 Å². The van der Waals surface area contributed by atoms with Crippen molar-refractivity contribution in [3.05, 3.63) is 29.8 Å². The number of carboxylic acids is 1. The number of imide groups is 1. The number of anilines is 1. The van der Waals surface area contributed by atoms with Crippen LogP contribution in [0.3, 0.4) is 0 Å². The van der Waals surface area contributed by atoms with Crippen LogP contribution in [0.15, 0.2) is 24.3 Å². The van der Waals surface area contributed by atoms with Crippen LogP contribution in [-0.2, 0) is 19.1 Å². The Morgan fingerprint density at radius 1 is 1.36 bits per heavy atom. The van der Waals surface area contributed by atoms with Crippen molar-refractivity contribution in [3.63, 3.8) is 0 Å². The maximum Gasteiger partial charge on any atom is 0.335 e. The number of rotatable bonds is 7. The standard InChI is InChI=1S/C16H18N2O6S/c1-2-24-16(23)11(17)8-25-12-7-13(19)18(14(12)20)10-5-3-9(4-6-10)15(21)22/h3-6,11-12H,2,7-8,17H2,1H3,(H,21,22)/t11-,12+/m1/s1. The lowest BCUT2D eigenvalue weighted by molar-refractivity contribution is -0.144. The highest BCUT2D eigenvalue weighted by Crippen LogP contribution is 2.30. The second kappa shape index (κ2) is 8.13. The zero-order valence-corrected chi connectivity index (χ0v) is 14.3. The summed E-state index contributed by atoms with van der Waals surface area (Å²) in [6, 6.07) is 4.62. The van der Waals surface area contributed by atoms with Gasteiger partial charge in [-0.1, -0.05) is 0 Å². The fourth-order valence-corrected chi connectivity index (χ4v) is 3.38. The number of carbonyl (C=O) groups excluding carboxylic acids is 3. The molecule has 1 aliphatic rings. The van der Waals surface area contributed by atoms with Gasteiger partial charge in [0.15, 0.2) is 0 Å². The molecular weight excluding hydrogens is 348 g/mol. The van der Waals surface area contributed by atoms with Crippen LogP contribution in [0, 0.1) is 0 Å². The topological polar surface area (TPSA) is 127 Å². The molecule has 9 heteroatoms. The Balaban J connectivity index is 2.02. The smallest absolute Gasteiger partial charge is 0.335 e. The number of aromatic carboxylic acids is 1. The van der Waals surface area contributed by atoms with E-state index < -0.39 is 29.1 Å². The number of carbonyl (C=O) groups is 4. The van der Waals surface area contributed by atoms with Gasteiger partial charge in [0, 0.05) is 12.2 Å². The van der Waals surface area contributed by atoms with Gasteiger partial charge in [0.1, 0.15) is 6.04 Å². The SMILES string of the molecule is CCOC(=O)[C@H](N)CS[C@H]1CC(=O)N(c2ccc(C(=O)O)cc2)C1=O. The van der Waals surface area contributed by atoms with Crippen LogP contribution in [0.4, 0.5) is 5.69 Å². The van der Waals surface area contributed by atoms with Gasteiger partial charge in [-0.3, -0.25) is 14.4 Å². The van der Waals surface area contributed by atoms with Crippen molar-refractivity contribution >= 4 is 41.2 Å².